The molecule has 0 fully saturated rings. The van der Waals surface area contributed by atoms with Gasteiger partial charge in [-0.1, -0.05) is 24.3 Å². The molecule has 1 N–H and O–H groups in total. The van der Waals surface area contributed by atoms with Crippen LogP contribution in [-0.2, 0) is 16.1 Å². The van der Waals surface area contributed by atoms with Gasteiger partial charge in [0.15, 0.2) is 23.0 Å². The second-order valence-electron chi connectivity index (χ2n) is 8.34. The summed E-state index contributed by atoms with van der Waals surface area (Å²) < 4.78 is 21.5. The van der Waals surface area contributed by atoms with Gasteiger partial charge in [0.2, 0.25) is 18.6 Å². The van der Waals surface area contributed by atoms with E-state index in [9.17, 15) is 9.59 Å². The van der Waals surface area contributed by atoms with E-state index < -0.39 is 0 Å². The van der Waals surface area contributed by atoms with Crippen molar-refractivity contribution < 1.29 is 28.5 Å². The van der Waals surface area contributed by atoms with Gasteiger partial charge in [-0.05, 0) is 47.5 Å². The topological polar surface area (TPSA) is 86.3 Å². The van der Waals surface area contributed by atoms with Gasteiger partial charge >= 0.3 is 0 Å². The number of nitrogens with one attached hydrogen (secondary N) is 1. The number of ether oxygens (including phenoxy) is 4. The lowest BCUT2D eigenvalue weighted by molar-refractivity contribution is -0.124. The number of fused-ring (bicyclic) bond motifs is 2. The second kappa shape index (κ2) is 10.4. The molecule has 2 amide bonds. The molecule has 0 saturated heterocycles. The van der Waals surface area contributed by atoms with Gasteiger partial charge in [0.05, 0.1) is 19.9 Å². The molecule has 3 aromatic rings. The fourth-order valence-electron chi connectivity index (χ4n) is 4.24. The quantitative estimate of drug-likeness (QED) is 0.511. The maximum atomic E-state index is 13.4. The third-order valence-corrected chi connectivity index (χ3v) is 7.42. The Balaban J connectivity index is 1.32. The van der Waals surface area contributed by atoms with Gasteiger partial charge < -0.3 is 29.2 Å². The summed E-state index contributed by atoms with van der Waals surface area (Å²) in [5.74, 6) is 2.23. The Hall–Kier alpha value is -3.85. The molecule has 0 spiro atoms. The molecule has 0 unspecified atom stereocenters. The number of carbonyl (C=O) groups excluding carboxylic acids is 2. The number of methoxy groups -OCH3 is 2. The summed E-state index contributed by atoms with van der Waals surface area (Å²) in [5, 5.41) is 2.77. The number of carbonyl (C=O) groups is 2. The van der Waals surface area contributed by atoms with Gasteiger partial charge in [-0.25, -0.2) is 0 Å². The van der Waals surface area contributed by atoms with Gasteiger partial charge in [-0.2, -0.15) is 0 Å². The average Bonchev–Trinajstić information content (AvgIpc) is 3.33. The number of nitrogens with zero attached hydrogens (tertiary/aromatic N) is 1. The molecule has 186 valence electrons. The SMILES string of the molecule is COc1ccc([C@@H]2CC(=O)N(CC(=O)NCc3ccc4c(c3)OCO4)c3ccccc3S2)cc1OC. The first kappa shape index (κ1) is 23.9. The Morgan fingerprint density at radius 1 is 1.03 bits per heavy atom. The lowest BCUT2D eigenvalue weighted by Gasteiger charge is -2.22. The van der Waals surface area contributed by atoms with Crippen molar-refractivity contribution in [2.24, 2.45) is 0 Å². The second-order valence-corrected chi connectivity index (χ2v) is 9.58. The smallest absolute Gasteiger partial charge is 0.240 e. The number of amides is 2. The highest BCUT2D eigenvalue weighted by molar-refractivity contribution is 7.99. The van der Waals surface area contributed by atoms with E-state index in [0.29, 0.717) is 29.5 Å². The third kappa shape index (κ3) is 4.92. The predicted molar refractivity (Wildman–Crippen MR) is 136 cm³/mol. The minimum absolute atomic E-state index is 0.0698. The Labute approximate surface area is 213 Å². The molecule has 0 aliphatic carbocycles. The van der Waals surface area contributed by atoms with Gasteiger partial charge in [-0.15, -0.1) is 11.8 Å². The van der Waals surface area contributed by atoms with Crippen LogP contribution in [0.3, 0.4) is 0 Å². The summed E-state index contributed by atoms with van der Waals surface area (Å²) in [7, 11) is 3.18. The molecule has 0 radical (unpaired) electrons. The minimum atomic E-state index is -0.245. The fourth-order valence-corrected chi connectivity index (χ4v) is 5.51. The molecule has 0 aromatic heterocycles. The fraction of sp³-hybridized carbons (Fsp3) is 0.259. The highest BCUT2D eigenvalue weighted by Gasteiger charge is 2.31. The molecule has 5 rings (SSSR count). The van der Waals surface area contributed by atoms with Crippen molar-refractivity contribution in [3.63, 3.8) is 0 Å². The highest BCUT2D eigenvalue weighted by atomic mass is 32.2. The third-order valence-electron chi connectivity index (χ3n) is 6.09. The van der Waals surface area contributed by atoms with E-state index in [4.69, 9.17) is 18.9 Å². The van der Waals surface area contributed by atoms with Crippen molar-refractivity contribution in [3.05, 3.63) is 71.8 Å². The summed E-state index contributed by atoms with van der Waals surface area (Å²) in [4.78, 5) is 28.8. The van der Waals surface area contributed by atoms with Crippen LogP contribution in [0.2, 0.25) is 0 Å². The zero-order valence-corrected chi connectivity index (χ0v) is 20.8. The standard InChI is InChI=1S/C27H26N2O6S/c1-32-20-10-8-18(12-22(20)33-2)25-13-27(31)29(19-5-3-4-6-24(19)36-25)15-26(30)28-14-17-7-9-21-23(11-17)35-16-34-21/h3-12,25H,13-16H2,1-2H3,(H,28,30)/t25-/m0/s1. The molecule has 1 atom stereocenters. The normalized spacial score (nSPS) is 16.2. The van der Waals surface area contributed by atoms with E-state index in [1.807, 2.05) is 60.7 Å². The molecule has 0 bridgehead atoms. The maximum absolute atomic E-state index is 13.4. The van der Waals surface area contributed by atoms with Crippen molar-refractivity contribution in [1.82, 2.24) is 5.32 Å². The number of hydrogen-bond acceptors (Lipinski definition) is 7. The van der Waals surface area contributed by atoms with Crippen LogP contribution in [0.15, 0.2) is 65.6 Å². The number of benzene rings is 3. The summed E-state index contributed by atoms with van der Waals surface area (Å²) >= 11 is 1.60. The van der Waals surface area contributed by atoms with Crippen LogP contribution in [0.4, 0.5) is 5.69 Å². The van der Waals surface area contributed by atoms with Crippen molar-refractivity contribution in [3.8, 4) is 23.0 Å². The summed E-state index contributed by atoms with van der Waals surface area (Å²) in [6, 6.07) is 18.9. The van der Waals surface area contributed by atoms with Crippen LogP contribution in [0.5, 0.6) is 23.0 Å². The van der Waals surface area contributed by atoms with Gasteiger partial charge in [0.1, 0.15) is 6.54 Å². The highest BCUT2D eigenvalue weighted by Crippen LogP contribution is 2.46. The Bertz CT molecular complexity index is 1300. The van der Waals surface area contributed by atoms with Gasteiger partial charge in [-0.3, -0.25) is 9.59 Å². The van der Waals surface area contributed by atoms with E-state index in [-0.39, 0.29) is 36.8 Å². The van der Waals surface area contributed by atoms with Crippen LogP contribution in [0.1, 0.15) is 22.8 Å². The van der Waals surface area contributed by atoms with E-state index in [0.717, 1.165) is 21.7 Å². The first-order valence-electron chi connectivity index (χ1n) is 11.5. The lowest BCUT2D eigenvalue weighted by Crippen LogP contribution is -2.40. The average molecular weight is 507 g/mol. The predicted octanol–water partition coefficient (Wildman–Crippen LogP) is 4.32. The molecule has 3 aromatic carbocycles. The van der Waals surface area contributed by atoms with Crippen molar-refractivity contribution in [2.45, 2.75) is 23.1 Å². The van der Waals surface area contributed by atoms with E-state index in [2.05, 4.69) is 5.32 Å². The molecule has 8 nitrogen and oxygen atoms in total. The maximum Gasteiger partial charge on any atom is 0.240 e. The van der Waals surface area contributed by atoms with Gasteiger partial charge in [0, 0.05) is 23.1 Å². The summed E-state index contributed by atoms with van der Waals surface area (Å²) in [6.07, 6.45) is 0.240. The van der Waals surface area contributed by atoms with Crippen molar-refractivity contribution >= 4 is 29.3 Å². The Kier molecular flexibility index (Phi) is 6.90. The van der Waals surface area contributed by atoms with Gasteiger partial charge in [0.25, 0.3) is 0 Å². The molecule has 36 heavy (non-hydrogen) atoms. The minimum Gasteiger partial charge on any atom is -0.493 e. The Morgan fingerprint density at radius 2 is 1.83 bits per heavy atom. The van der Waals surface area contributed by atoms with Crippen molar-refractivity contribution in [1.29, 1.82) is 0 Å². The molecule has 2 aliphatic heterocycles. The molecule has 2 heterocycles. The Morgan fingerprint density at radius 3 is 2.67 bits per heavy atom. The van der Waals surface area contributed by atoms with Crippen LogP contribution >= 0.6 is 11.8 Å². The van der Waals surface area contributed by atoms with E-state index >= 15 is 0 Å². The molecule has 0 saturated carbocycles. The first-order valence-corrected chi connectivity index (χ1v) is 12.4. The van der Waals surface area contributed by atoms with Crippen LogP contribution in [0.25, 0.3) is 0 Å². The summed E-state index contributed by atoms with van der Waals surface area (Å²) in [6.45, 7) is 0.450. The zero-order chi connectivity index (χ0) is 25.1. The first-order chi connectivity index (χ1) is 17.6. The molecule has 9 heteroatoms. The van der Waals surface area contributed by atoms with E-state index in [1.165, 1.54) is 0 Å². The molecular weight excluding hydrogens is 480 g/mol. The number of para-hydroxylation sites is 1. The van der Waals surface area contributed by atoms with Crippen LogP contribution in [0, 0.1) is 0 Å². The van der Waals surface area contributed by atoms with E-state index in [1.54, 1.807) is 30.9 Å². The monoisotopic (exact) mass is 506 g/mol. The summed E-state index contributed by atoms with van der Waals surface area (Å²) in [5.41, 5.74) is 2.57. The van der Waals surface area contributed by atoms with Crippen molar-refractivity contribution in [2.75, 3.05) is 32.5 Å². The number of hydrogen-bond donors (Lipinski definition) is 1. The molecule has 2 aliphatic rings. The van der Waals surface area contributed by atoms with Crippen LogP contribution < -0.4 is 29.2 Å². The zero-order valence-electron chi connectivity index (χ0n) is 20.0. The number of thioether (sulfide) groups is 1. The largest absolute Gasteiger partial charge is 0.493 e. The van der Waals surface area contributed by atoms with Crippen LogP contribution in [-0.4, -0.2) is 39.4 Å². The number of anilines is 1. The lowest BCUT2D eigenvalue weighted by atomic mass is 10.1. The molecular formula is C27H26N2O6S. The number of rotatable bonds is 7.